The Morgan fingerprint density at radius 2 is 2.10 bits per heavy atom. The highest BCUT2D eigenvalue weighted by Gasteiger charge is 2.63. The first-order valence-electron chi connectivity index (χ1n) is 7.49. The summed E-state index contributed by atoms with van der Waals surface area (Å²) in [6, 6.07) is 0. The van der Waals surface area contributed by atoms with Crippen molar-refractivity contribution in [1.29, 1.82) is 0 Å². The third-order valence-corrected chi connectivity index (χ3v) is 6.24. The molecule has 2 aliphatic carbocycles. The molecule has 0 aromatic rings. The maximum absolute atomic E-state index is 11.8. The highest BCUT2D eigenvalue weighted by atomic mass is 16.6. The van der Waals surface area contributed by atoms with Gasteiger partial charge in [-0.3, -0.25) is 0 Å². The topological polar surface area (TPSA) is 55.8 Å². The molecule has 3 rings (SSSR count). The van der Waals surface area contributed by atoms with Gasteiger partial charge in [0.2, 0.25) is 0 Å². The molecular formula is C16H24O4. The summed E-state index contributed by atoms with van der Waals surface area (Å²) in [5, 5.41) is 11.4. The molecule has 2 fully saturated rings. The van der Waals surface area contributed by atoms with Gasteiger partial charge < -0.3 is 14.6 Å². The first kappa shape index (κ1) is 14.1. The van der Waals surface area contributed by atoms with Crippen molar-refractivity contribution in [3.63, 3.8) is 0 Å². The third-order valence-electron chi connectivity index (χ3n) is 6.24. The van der Waals surface area contributed by atoms with Crippen LogP contribution in [-0.4, -0.2) is 36.0 Å². The van der Waals surface area contributed by atoms with Gasteiger partial charge in [0, 0.05) is 24.5 Å². The average molecular weight is 280 g/mol. The number of carbonyl (C=O) groups is 1. The van der Waals surface area contributed by atoms with Crippen LogP contribution in [0, 0.1) is 11.3 Å². The normalized spacial score (nSPS) is 47.9. The van der Waals surface area contributed by atoms with E-state index in [0.29, 0.717) is 12.3 Å². The molecule has 20 heavy (non-hydrogen) atoms. The van der Waals surface area contributed by atoms with E-state index < -0.39 is 5.60 Å². The Bertz CT molecular complexity index is 483. The Hall–Kier alpha value is -0.870. The van der Waals surface area contributed by atoms with E-state index >= 15 is 0 Å². The standard InChI is InChI=1S/C16H24O4/c1-9-5-6-13(19-4)16(18)8-12-11(7-15(9,16)3)10(2)14(17)20-12/h9,12-13,18H,5-8H2,1-4H3/t9-,12+,13+,15+,16-/m0/s1. The van der Waals surface area contributed by atoms with E-state index in [9.17, 15) is 9.90 Å². The second-order valence-corrected chi connectivity index (χ2v) is 6.97. The summed E-state index contributed by atoms with van der Waals surface area (Å²) < 4.78 is 11.0. The molecule has 2 saturated carbocycles. The third kappa shape index (κ3) is 1.58. The molecule has 0 aromatic heterocycles. The van der Waals surface area contributed by atoms with Crippen molar-refractivity contribution in [2.75, 3.05) is 7.11 Å². The van der Waals surface area contributed by atoms with Crippen molar-refractivity contribution in [3.8, 4) is 0 Å². The van der Waals surface area contributed by atoms with Crippen LogP contribution >= 0.6 is 0 Å². The van der Waals surface area contributed by atoms with Gasteiger partial charge in [-0.2, -0.15) is 0 Å². The van der Waals surface area contributed by atoms with E-state index in [1.807, 2.05) is 6.92 Å². The molecule has 4 heteroatoms. The van der Waals surface area contributed by atoms with Crippen LogP contribution in [0.15, 0.2) is 11.1 Å². The Morgan fingerprint density at radius 3 is 2.75 bits per heavy atom. The lowest BCUT2D eigenvalue weighted by Gasteiger charge is -2.59. The van der Waals surface area contributed by atoms with Crippen LogP contribution in [0.5, 0.6) is 0 Å². The van der Waals surface area contributed by atoms with Crippen molar-refractivity contribution in [2.24, 2.45) is 11.3 Å². The molecule has 4 nitrogen and oxygen atoms in total. The molecular weight excluding hydrogens is 256 g/mol. The SMILES string of the molecule is CO[C@@H]1CC[C@H](C)[C@@]2(C)CC3=C(C)C(=O)O[C@@H]3C[C@]12O. The smallest absolute Gasteiger partial charge is 0.334 e. The summed E-state index contributed by atoms with van der Waals surface area (Å²) in [5.74, 6) is 0.174. The van der Waals surface area contributed by atoms with Gasteiger partial charge in [-0.25, -0.2) is 4.79 Å². The maximum atomic E-state index is 11.8. The van der Waals surface area contributed by atoms with Gasteiger partial charge in [0.1, 0.15) is 11.7 Å². The second-order valence-electron chi connectivity index (χ2n) is 6.97. The Balaban J connectivity index is 2.05. The summed E-state index contributed by atoms with van der Waals surface area (Å²) >= 11 is 0. The van der Waals surface area contributed by atoms with E-state index in [-0.39, 0.29) is 23.6 Å². The summed E-state index contributed by atoms with van der Waals surface area (Å²) in [6.45, 7) is 6.18. The molecule has 3 aliphatic rings. The number of fused-ring (bicyclic) bond motifs is 2. The van der Waals surface area contributed by atoms with Gasteiger partial charge in [0.05, 0.1) is 6.10 Å². The highest BCUT2D eigenvalue weighted by Crippen LogP contribution is 2.59. The van der Waals surface area contributed by atoms with Crippen LogP contribution < -0.4 is 0 Å². The molecule has 0 spiro atoms. The van der Waals surface area contributed by atoms with E-state index in [0.717, 1.165) is 30.4 Å². The lowest BCUT2D eigenvalue weighted by atomic mass is 9.51. The molecule has 0 amide bonds. The number of esters is 1. The molecule has 112 valence electrons. The second kappa shape index (κ2) is 4.31. The fourth-order valence-corrected chi connectivity index (χ4v) is 4.51. The van der Waals surface area contributed by atoms with Gasteiger partial charge in [0.15, 0.2) is 0 Å². The minimum atomic E-state index is -0.918. The van der Waals surface area contributed by atoms with Crippen LogP contribution in [0.3, 0.4) is 0 Å². The summed E-state index contributed by atoms with van der Waals surface area (Å²) in [6.07, 6.45) is 2.66. The number of aliphatic hydroxyl groups is 1. The first-order valence-corrected chi connectivity index (χ1v) is 7.49. The van der Waals surface area contributed by atoms with E-state index in [2.05, 4.69) is 13.8 Å². The number of methoxy groups -OCH3 is 1. The molecule has 1 heterocycles. The highest BCUT2D eigenvalue weighted by molar-refractivity contribution is 5.91. The molecule has 5 atom stereocenters. The monoisotopic (exact) mass is 280 g/mol. The lowest BCUT2D eigenvalue weighted by Crippen LogP contribution is -2.65. The molecule has 0 saturated heterocycles. The fraction of sp³-hybridized carbons (Fsp3) is 0.812. The summed E-state index contributed by atoms with van der Waals surface area (Å²) in [4.78, 5) is 11.8. The van der Waals surface area contributed by atoms with E-state index in [4.69, 9.17) is 9.47 Å². The van der Waals surface area contributed by atoms with Crippen molar-refractivity contribution in [1.82, 2.24) is 0 Å². The number of rotatable bonds is 1. The van der Waals surface area contributed by atoms with Gasteiger partial charge in [-0.05, 0) is 37.7 Å². The quantitative estimate of drug-likeness (QED) is 0.748. The number of hydrogen-bond acceptors (Lipinski definition) is 4. The van der Waals surface area contributed by atoms with E-state index in [1.165, 1.54) is 0 Å². The predicted molar refractivity (Wildman–Crippen MR) is 74.1 cm³/mol. The number of hydrogen-bond donors (Lipinski definition) is 1. The fourth-order valence-electron chi connectivity index (χ4n) is 4.51. The number of ether oxygens (including phenoxy) is 2. The Labute approximate surface area is 120 Å². The maximum Gasteiger partial charge on any atom is 0.334 e. The summed E-state index contributed by atoms with van der Waals surface area (Å²) in [7, 11) is 1.66. The average Bonchev–Trinajstić information content (AvgIpc) is 2.65. The van der Waals surface area contributed by atoms with Crippen molar-refractivity contribution < 1.29 is 19.4 Å². The zero-order chi connectivity index (χ0) is 14.7. The van der Waals surface area contributed by atoms with Gasteiger partial charge in [0.25, 0.3) is 0 Å². The molecule has 0 radical (unpaired) electrons. The zero-order valence-corrected chi connectivity index (χ0v) is 12.7. The summed E-state index contributed by atoms with van der Waals surface area (Å²) in [5.41, 5.74) is 0.654. The minimum absolute atomic E-state index is 0.176. The van der Waals surface area contributed by atoms with Crippen LogP contribution in [0.4, 0.5) is 0 Å². The van der Waals surface area contributed by atoms with Crippen molar-refractivity contribution in [3.05, 3.63) is 11.1 Å². The first-order chi connectivity index (χ1) is 9.33. The van der Waals surface area contributed by atoms with Crippen LogP contribution in [0.25, 0.3) is 0 Å². The van der Waals surface area contributed by atoms with Crippen LogP contribution in [0.1, 0.15) is 46.5 Å². The minimum Gasteiger partial charge on any atom is -0.454 e. The van der Waals surface area contributed by atoms with Crippen LogP contribution in [0.2, 0.25) is 0 Å². The Morgan fingerprint density at radius 1 is 1.40 bits per heavy atom. The van der Waals surface area contributed by atoms with Gasteiger partial charge in [-0.15, -0.1) is 0 Å². The molecule has 0 aromatic carbocycles. The molecule has 0 unspecified atom stereocenters. The Kier molecular flexibility index (Phi) is 3.04. The molecule has 1 aliphatic heterocycles. The molecule has 1 N–H and O–H groups in total. The van der Waals surface area contributed by atoms with Crippen molar-refractivity contribution >= 4 is 5.97 Å². The lowest BCUT2D eigenvalue weighted by molar-refractivity contribution is -0.228. The van der Waals surface area contributed by atoms with Gasteiger partial charge >= 0.3 is 5.97 Å². The number of carbonyl (C=O) groups excluding carboxylic acids is 1. The van der Waals surface area contributed by atoms with Crippen molar-refractivity contribution in [2.45, 2.75) is 64.3 Å². The van der Waals surface area contributed by atoms with Gasteiger partial charge in [-0.1, -0.05) is 13.8 Å². The predicted octanol–water partition coefficient (Wildman–Crippen LogP) is 2.20. The van der Waals surface area contributed by atoms with Crippen LogP contribution in [-0.2, 0) is 14.3 Å². The molecule has 0 bridgehead atoms. The largest absolute Gasteiger partial charge is 0.454 e. The zero-order valence-electron chi connectivity index (χ0n) is 12.7. The van der Waals surface area contributed by atoms with E-state index in [1.54, 1.807) is 7.11 Å².